The first-order valence-electron chi connectivity index (χ1n) is 10.4. The summed E-state index contributed by atoms with van der Waals surface area (Å²) in [5, 5.41) is 6.55. The number of halogens is 4. The molecule has 3 rings (SSSR count). The van der Waals surface area contributed by atoms with Crippen LogP contribution < -0.4 is 10.6 Å². The number of oxazole rings is 1. The Balaban J connectivity index is 0.00000363. The summed E-state index contributed by atoms with van der Waals surface area (Å²) in [6.07, 6.45) is -2.30. The minimum Gasteiger partial charge on any atom is -0.444 e. The molecule has 2 N–H and O–H groups in total. The molecule has 1 saturated heterocycles. The van der Waals surface area contributed by atoms with Crippen LogP contribution in [0.4, 0.5) is 13.2 Å². The topological polar surface area (TPSA) is 65.7 Å². The first-order valence-corrected chi connectivity index (χ1v) is 10.4. The van der Waals surface area contributed by atoms with Crippen LogP contribution in [-0.4, -0.2) is 43.0 Å². The number of hydrogen-bond acceptors (Lipinski definition) is 4. The van der Waals surface area contributed by atoms with Gasteiger partial charge in [0.05, 0.1) is 17.8 Å². The zero-order valence-corrected chi connectivity index (χ0v) is 21.1. The second kappa shape index (κ2) is 11.4. The van der Waals surface area contributed by atoms with E-state index < -0.39 is 11.7 Å². The Kier molecular flexibility index (Phi) is 9.38. The molecule has 32 heavy (non-hydrogen) atoms. The lowest BCUT2D eigenvalue weighted by atomic mass is 9.84. The standard InChI is InChI=1S/C22H30F3N5O.HI/c1-14-15(2)31-19(29-14)13-28-21(26-3)27-12-17-6-5-11-30(4)20(17)16-7-9-18(10-8-16)22(23,24)25;/h7-10,17,20H,5-6,11-13H2,1-4H3,(H2,26,27,28);1H. The monoisotopic (exact) mass is 565 g/mol. The SMILES string of the molecule is CN=C(NCc1nc(C)c(C)o1)NCC1CCCN(C)C1c1ccc(C(F)(F)F)cc1.I. The zero-order valence-electron chi connectivity index (χ0n) is 18.8. The van der Waals surface area contributed by atoms with E-state index in [-0.39, 0.29) is 35.9 Å². The third-order valence-electron chi connectivity index (χ3n) is 5.82. The van der Waals surface area contributed by atoms with E-state index in [0.717, 1.165) is 36.4 Å². The second-order valence-electron chi connectivity index (χ2n) is 8.00. The predicted molar refractivity (Wildman–Crippen MR) is 129 cm³/mol. The van der Waals surface area contributed by atoms with Crippen LogP contribution in [0.3, 0.4) is 0 Å². The van der Waals surface area contributed by atoms with Crippen LogP contribution >= 0.6 is 24.0 Å². The van der Waals surface area contributed by atoms with E-state index >= 15 is 0 Å². The molecular formula is C22H31F3IN5O. The van der Waals surface area contributed by atoms with Gasteiger partial charge in [-0.1, -0.05) is 12.1 Å². The highest BCUT2D eigenvalue weighted by molar-refractivity contribution is 14.0. The second-order valence-corrected chi connectivity index (χ2v) is 8.00. The molecule has 0 spiro atoms. The van der Waals surface area contributed by atoms with E-state index in [1.807, 2.05) is 20.9 Å². The van der Waals surface area contributed by atoms with Crippen molar-refractivity contribution in [1.82, 2.24) is 20.5 Å². The van der Waals surface area contributed by atoms with Crippen LogP contribution in [0.5, 0.6) is 0 Å². The number of hydrogen-bond donors (Lipinski definition) is 2. The summed E-state index contributed by atoms with van der Waals surface area (Å²) >= 11 is 0. The Morgan fingerprint density at radius 3 is 2.47 bits per heavy atom. The van der Waals surface area contributed by atoms with Crippen molar-refractivity contribution in [1.29, 1.82) is 0 Å². The molecule has 1 aromatic heterocycles. The van der Waals surface area contributed by atoms with Gasteiger partial charge in [-0.2, -0.15) is 13.2 Å². The number of guanidine groups is 1. The molecule has 2 atom stereocenters. The van der Waals surface area contributed by atoms with Crippen molar-refractivity contribution in [2.75, 3.05) is 27.2 Å². The van der Waals surface area contributed by atoms with Crippen molar-refractivity contribution < 1.29 is 17.6 Å². The number of aliphatic imine (C=N–C) groups is 1. The number of aryl methyl sites for hydroxylation is 2. The van der Waals surface area contributed by atoms with Gasteiger partial charge in [-0.15, -0.1) is 24.0 Å². The lowest BCUT2D eigenvalue weighted by Crippen LogP contribution is -2.44. The summed E-state index contributed by atoms with van der Waals surface area (Å²) in [7, 11) is 3.72. The minimum absolute atomic E-state index is 0. The van der Waals surface area contributed by atoms with Gasteiger partial charge < -0.3 is 15.1 Å². The van der Waals surface area contributed by atoms with Crippen LogP contribution in [0, 0.1) is 19.8 Å². The van der Waals surface area contributed by atoms with Crippen molar-refractivity contribution in [3.8, 4) is 0 Å². The number of benzene rings is 1. The van der Waals surface area contributed by atoms with E-state index in [1.165, 1.54) is 12.1 Å². The lowest BCUT2D eigenvalue weighted by molar-refractivity contribution is -0.137. The largest absolute Gasteiger partial charge is 0.444 e. The fourth-order valence-electron chi connectivity index (χ4n) is 4.09. The fraction of sp³-hybridized carbons (Fsp3) is 0.545. The molecule has 0 amide bonds. The smallest absolute Gasteiger partial charge is 0.416 e. The summed E-state index contributed by atoms with van der Waals surface area (Å²) in [5.74, 6) is 2.26. The number of aromatic nitrogens is 1. The van der Waals surface area contributed by atoms with Crippen LogP contribution in [0.2, 0.25) is 0 Å². The van der Waals surface area contributed by atoms with E-state index in [9.17, 15) is 13.2 Å². The first kappa shape index (κ1) is 26.4. The van der Waals surface area contributed by atoms with Gasteiger partial charge in [0.2, 0.25) is 5.89 Å². The highest BCUT2D eigenvalue weighted by Gasteiger charge is 2.33. The van der Waals surface area contributed by atoms with Gasteiger partial charge in [0.25, 0.3) is 0 Å². The summed E-state index contributed by atoms with van der Waals surface area (Å²) in [6, 6.07) is 5.58. The molecule has 0 radical (unpaired) electrons. The van der Waals surface area contributed by atoms with Crippen molar-refractivity contribution >= 4 is 29.9 Å². The maximum Gasteiger partial charge on any atom is 0.416 e. The molecule has 0 bridgehead atoms. The van der Waals surface area contributed by atoms with Gasteiger partial charge in [0, 0.05) is 19.6 Å². The van der Waals surface area contributed by atoms with Gasteiger partial charge in [-0.25, -0.2) is 4.98 Å². The molecule has 0 aliphatic carbocycles. The Morgan fingerprint density at radius 1 is 1.22 bits per heavy atom. The highest BCUT2D eigenvalue weighted by atomic mass is 127. The van der Waals surface area contributed by atoms with Crippen LogP contribution in [0.15, 0.2) is 33.7 Å². The molecule has 1 aliphatic heterocycles. The third kappa shape index (κ3) is 6.60. The number of likely N-dealkylation sites (tertiary alicyclic amines) is 1. The van der Waals surface area contributed by atoms with E-state index in [4.69, 9.17) is 4.42 Å². The number of nitrogens with one attached hydrogen (secondary N) is 2. The van der Waals surface area contributed by atoms with Gasteiger partial charge >= 0.3 is 6.18 Å². The molecule has 1 fully saturated rings. The summed E-state index contributed by atoms with van der Waals surface area (Å²) in [5.41, 5.74) is 1.14. The number of nitrogens with zero attached hydrogens (tertiary/aromatic N) is 3. The lowest BCUT2D eigenvalue weighted by Gasteiger charge is -2.40. The molecule has 1 aromatic carbocycles. The molecule has 2 aromatic rings. The molecule has 6 nitrogen and oxygen atoms in total. The van der Waals surface area contributed by atoms with Gasteiger partial charge in [0.1, 0.15) is 5.76 Å². The van der Waals surface area contributed by atoms with E-state index in [0.29, 0.717) is 24.9 Å². The fourth-order valence-corrected chi connectivity index (χ4v) is 4.09. The molecular weight excluding hydrogens is 534 g/mol. The van der Waals surface area contributed by atoms with Crippen molar-refractivity contribution in [2.45, 2.75) is 45.5 Å². The zero-order chi connectivity index (χ0) is 22.6. The molecule has 2 unspecified atom stereocenters. The first-order chi connectivity index (χ1) is 14.7. The predicted octanol–water partition coefficient (Wildman–Crippen LogP) is 4.68. The Labute approximate surface area is 204 Å². The van der Waals surface area contributed by atoms with Crippen LogP contribution in [0.25, 0.3) is 0 Å². The van der Waals surface area contributed by atoms with Crippen molar-refractivity contribution in [2.24, 2.45) is 10.9 Å². The van der Waals surface area contributed by atoms with E-state index in [1.54, 1.807) is 19.2 Å². The molecule has 178 valence electrons. The average molecular weight is 565 g/mol. The molecule has 1 aliphatic rings. The van der Waals surface area contributed by atoms with E-state index in [2.05, 4.69) is 25.5 Å². The molecule has 10 heteroatoms. The van der Waals surface area contributed by atoms with Gasteiger partial charge in [0.15, 0.2) is 5.96 Å². The summed E-state index contributed by atoms with van der Waals surface area (Å²) in [6.45, 7) is 5.76. The Bertz CT molecular complexity index is 878. The van der Waals surface area contributed by atoms with Gasteiger partial charge in [-0.3, -0.25) is 9.89 Å². The molecule has 2 heterocycles. The van der Waals surface area contributed by atoms with Crippen LogP contribution in [-0.2, 0) is 12.7 Å². The van der Waals surface area contributed by atoms with Crippen molar-refractivity contribution in [3.05, 3.63) is 52.7 Å². The quantitative estimate of drug-likeness (QED) is 0.314. The number of rotatable bonds is 5. The number of alkyl halides is 3. The maximum atomic E-state index is 12.9. The van der Waals surface area contributed by atoms with Crippen molar-refractivity contribution in [3.63, 3.8) is 0 Å². The minimum atomic E-state index is -4.32. The Hall–Kier alpha value is -1.82. The van der Waals surface area contributed by atoms with Gasteiger partial charge in [-0.05, 0) is 63.9 Å². The average Bonchev–Trinajstić information content (AvgIpc) is 3.05. The maximum absolute atomic E-state index is 12.9. The third-order valence-corrected chi connectivity index (χ3v) is 5.82. The normalized spacial score (nSPS) is 20.0. The highest BCUT2D eigenvalue weighted by Crippen LogP contribution is 2.36. The summed E-state index contributed by atoms with van der Waals surface area (Å²) < 4.78 is 44.4. The number of piperidine rings is 1. The molecule has 0 saturated carbocycles. The van der Waals surface area contributed by atoms with Crippen LogP contribution in [0.1, 0.15) is 47.4 Å². The summed E-state index contributed by atoms with van der Waals surface area (Å²) in [4.78, 5) is 10.8. The Morgan fingerprint density at radius 2 is 1.91 bits per heavy atom.